The first kappa shape index (κ1) is 16.0. The topological polar surface area (TPSA) is 66.8 Å². The summed E-state index contributed by atoms with van der Waals surface area (Å²) in [4.78, 5) is 24.4. The standard InChI is InChI=1S/C15H21NO4/c1-4-9-20-13-7-5-12(6-8-13)15(19)16(11(2)3)10-14(17)18/h5-8,11H,4,9-10H2,1-3H3,(H,17,18). The molecule has 0 aliphatic heterocycles. The van der Waals surface area contributed by atoms with E-state index in [4.69, 9.17) is 9.84 Å². The number of carboxylic acid groups (broad SMARTS) is 1. The highest BCUT2D eigenvalue weighted by Gasteiger charge is 2.21. The lowest BCUT2D eigenvalue weighted by Gasteiger charge is -2.25. The predicted molar refractivity (Wildman–Crippen MR) is 76.0 cm³/mol. The van der Waals surface area contributed by atoms with Crippen LogP contribution in [0.15, 0.2) is 24.3 Å². The number of rotatable bonds is 7. The summed E-state index contributed by atoms with van der Waals surface area (Å²) in [6, 6.07) is 6.59. The minimum atomic E-state index is -1.02. The van der Waals surface area contributed by atoms with Gasteiger partial charge in [-0.15, -0.1) is 0 Å². The van der Waals surface area contributed by atoms with Gasteiger partial charge in [-0.1, -0.05) is 6.92 Å². The molecule has 0 fully saturated rings. The summed E-state index contributed by atoms with van der Waals surface area (Å²) in [5.41, 5.74) is 0.462. The van der Waals surface area contributed by atoms with Crippen molar-refractivity contribution in [2.45, 2.75) is 33.2 Å². The third kappa shape index (κ3) is 4.57. The molecular formula is C15H21NO4. The number of aliphatic carboxylic acids is 1. The van der Waals surface area contributed by atoms with Crippen LogP contribution in [-0.4, -0.2) is 41.1 Å². The van der Waals surface area contributed by atoms with Crippen molar-refractivity contribution < 1.29 is 19.4 Å². The van der Waals surface area contributed by atoms with Crippen LogP contribution < -0.4 is 4.74 Å². The second-order valence-corrected chi connectivity index (χ2v) is 4.79. The van der Waals surface area contributed by atoms with Crippen molar-refractivity contribution in [3.63, 3.8) is 0 Å². The van der Waals surface area contributed by atoms with Crippen LogP contribution in [0.4, 0.5) is 0 Å². The highest BCUT2D eigenvalue weighted by molar-refractivity contribution is 5.96. The lowest BCUT2D eigenvalue weighted by atomic mass is 10.1. The van der Waals surface area contributed by atoms with Crippen LogP contribution in [0.3, 0.4) is 0 Å². The minimum absolute atomic E-state index is 0.172. The van der Waals surface area contributed by atoms with E-state index in [9.17, 15) is 9.59 Å². The maximum atomic E-state index is 12.3. The zero-order valence-electron chi connectivity index (χ0n) is 12.1. The molecule has 1 aromatic rings. The number of amides is 1. The van der Waals surface area contributed by atoms with Gasteiger partial charge in [-0.05, 0) is 44.5 Å². The van der Waals surface area contributed by atoms with E-state index >= 15 is 0 Å². The monoisotopic (exact) mass is 279 g/mol. The van der Waals surface area contributed by atoms with Gasteiger partial charge in [-0.25, -0.2) is 0 Å². The molecule has 0 spiro atoms. The van der Waals surface area contributed by atoms with Crippen LogP contribution in [0.1, 0.15) is 37.6 Å². The van der Waals surface area contributed by atoms with Crippen LogP contribution in [-0.2, 0) is 4.79 Å². The van der Waals surface area contributed by atoms with Gasteiger partial charge in [0.2, 0.25) is 0 Å². The molecule has 0 bridgehead atoms. The van der Waals surface area contributed by atoms with Gasteiger partial charge in [0.15, 0.2) is 0 Å². The average molecular weight is 279 g/mol. The van der Waals surface area contributed by atoms with Crippen LogP contribution in [0.2, 0.25) is 0 Å². The molecule has 1 N–H and O–H groups in total. The van der Waals surface area contributed by atoms with Crippen molar-refractivity contribution in [2.24, 2.45) is 0 Å². The molecule has 0 saturated carbocycles. The molecule has 5 heteroatoms. The Morgan fingerprint density at radius 3 is 2.30 bits per heavy atom. The molecule has 0 aliphatic rings. The van der Waals surface area contributed by atoms with Gasteiger partial charge in [-0.3, -0.25) is 9.59 Å². The third-order valence-corrected chi connectivity index (χ3v) is 2.76. The molecule has 0 aliphatic carbocycles. The molecule has 0 atom stereocenters. The Labute approximate surface area is 119 Å². The maximum Gasteiger partial charge on any atom is 0.323 e. The average Bonchev–Trinajstić information content (AvgIpc) is 2.42. The predicted octanol–water partition coefficient (Wildman–Crippen LogP) is 2.41. The van der Waals surface area contributed by atoms with E-state index in [2.05, 4.69) is 0 Å². The third-order valence-electron chi connectivity index (χ3n) is 2.76. The Kier molecular flexibility index (Phi) is 6.03. The lowest BCUT2D eigenvalue weighted by Crippen LogP contribution is -2.40. The second-order valence-electron chi connectivity index (χ2n) is 4.79. The lowest BCUT2D eigenvalue weighted by molar-refractivity contribution is -0.138. The molecule has 1 aromatic carbocycles. The largest absolute Gasteiger partial charge is 0.494 e. The number of nitrogens with zero attached hydrogens (tertiary/aromatic N) is 1. The van der Waals surface area contributed by atoms with Crippen molar-refractivity contribution >= 4 is 11.9 Å². The fourth-order valence-corrected chi connectivity index (χ4v) is 1.71. The van der Waals surface area contributed by atoms with Gasteiger partial charge in [0.25, 0.3) is 5.91 Å². The van der Waals surface area contributed by atoms with Gasteiger partial charge >= 0.3 is 5.97 Å². The number of carbonyl (C=O) groups is 2. The fraction of sp³-hybridized carbons (Fsp3) is 0.467. The summed E-state index contributed by atoms with van der Waals surface area (Å²) in [6.07, 6.45) is 0.917. The van der Waals surface area contributed by atoms with Gasteiger partial charge in [-0.2, -0.15) is 0 Å². The minimum Gasteiger partial charge on any atom is -0.494 e. The molecule has 20 heavy (non-hydrogen) atoms. The smallest absolute Gasteiger partial charge is 0.323 e. The van der Waals surface area contributed by atoms with Crippen LogP contribution in [0.5, 0.6) is 5.75 Å². The zero-order valence-corrected chi connectivity index (χ0v) is 12.1. The molecule has 1 rings (SSSR count). The summed E-state index contributed by atoms with van der Waals surface area (Å²) in [5, 5.41) is 8.86. The number of ether oxygens (including phenoxy) is 1. The van der Waals surface area contributed by atoms with E-state index < -0.39 is 5.97 Å². The number of carbonyl (C=O) groups excluding carboxylic acids is 1. The molecule has 0 saturated heterocycles. The normalized spacial score (nSPS) is 10.4. The quantitative estimate of drug-likeness (QED) is 0.832. The van der Waals surface area contributed by atoms with Crippen molar-refractivity contribution in [2.75, 3.05) is 13.2 Å². The second kappa shape index (κ2) is 7.53. The van der Waals surface area contributed by atoms with E-state index in [0.717, 1.165) is 6.42 Å². The number of hydrogen-bond acceptors (Lipinski definition) is 3. The van der Waals surface area contributed by atoms with Crippen molar-refractivity contribution in [3.8, 4) is 5.75 Å². The number of hydrogen-bond donors (Lipinski definition) is 1. The van der Waals surface area contributed by atoms with E-state index in [-0.39, 0.29) is 18.5 Å². The Hall–Kier alpha value is -2.04. The Bertz CT molecular complexity index is 453. The van der Waals surface area contributed by atoms with E-state index in [1.807, 2.05) is 6.92 Å². The first-order chi connectivity index (χ1) is 9.45. The van der Waals surface area contributed by atoms with Gasteiger partial charge < -0.3 is 14.7 Å². The number of carboxylic acids is 1. The summed E-state index contributed by atoms with van der Waals surface area (Å²) < 4.78 is 5.44. The summed E-state index contributed by atoms with van der Waals surface area (Å²) in [6.45, 7) is 5.93. The molecule has 0 radical (unpaired) electrons. The Balaban J connectivity index is 2.81. The molecular weight excluding hydrogens is 258 g/mol. The summed E-state index contributed by atoms with van der Waals surface area (Å²) in [7, 11) is 0. The van der Waals surface area contributed by atoms with E-state index in [0.29, 0.717) is 17.9 Å². The zero-order chi connectivity index (χ0) is 15.1. The van der Waals surface area contributed by atoms with Crippen molar-refractivity contribution in [1.29, 1.82) is 0 Å². The molecule has 0 aromatic heterocycles. The van der Waals surface area contributed by atoms with Gasteiger partial charge in [0.05, 0.1) is 6.61 Å². The van der Waals surface area contributed by atoms with E-state index in [1.54, 1.807) is 38.1 Å². The first-order valence-electron chi connectivity index (χ1n) is 6.71. The van der Waals surface area contributed by atoms with Gasteiger partial charge in [0.1, 0.15) is 12.3 Å². The Morgan fingerprint density at radius 1 is 1.25 bits per heavy atom. The molecule has 0 heterocycles. The SMILES string of the molecule is CCCOc1ccc(C(=O)N(CC(=O)O)C(C)C)cc1. The van der Waals surface area contributed by atoms with Gasteiger partial charge in [0, 0.05) is 11.6 Å². The van der Waals surface area contributed by atoms with Crippen molar-refractivity contribution in [3.05, 3.63) is 29.8 Å². The summed E-state index contributed by atoms with van der Waals surface area (Å²) >= 11 is 0. The van der Waals surface area contributed by atoms with Crippen LogP contribution in [0, 0.1) is 0 Å². The molecule has 1 amide bonds. The first-order valence-corrected chi connectivity index (χ1v) is 6.71. The van der Waals surface area contributed by atoms with Crippen molar-refractivity contribution in [1.82, 2.24) is 4.90 Å². The van der Waals surface area contributed by atoms with Crippen LogP contribution in [0.25, 0.3) is 0 Å². The summed E-state index contributed by atoms with van der Waals surface area (Å²) in [5.74, 6) is -0.600. The Morgan fingerprint density at radius 2 is 1.85 bits per heavy atom. The van der Waals surface area contributed by atoms with Crippen LogP contribution >= 0.6 is 0 Å². The fourth-order valence-electron chi connectivity index (χ4n) is 1.71. The molecule has 0 unspecified atom stereocenters. The maximum absolute atomic E-state index is 12.3. The molecule has 5 nitrogen and oxygen atoms in total. The highest BCUT2D eigenvalue weighted by atomic mass is 16.5. The highest BCUT2D eigenvalue weighted by Crippen LogP contribution is 2.15. The molecule has 110 valence electrons. The van der Waals surface area contributed by atoms with E-state index in [1.165, 1.54) is 4.90 Å². The number of benzene rings is 1.